The number of rotatable bonds is 5. The van der Waals surface area contributed by atoms with Crippen LogP contribution in [0, 0.1) is 11.5 Å². The molecular formula is C10H15N5S. The molecule has 1 heterocycles. The summed E-state index contributed by atoms with van der Waals surface area (Å²) >= 11 is 1.45. The molecule has 0 aliphatic heterocycles. The van der Waals surface area contributed by atoms with Gasteiger partial charge >= 0.3 is 0 Å². The predicted octanol–water partition coefficient (Wildman–Crippen LogP) is 1.45. The van der Waals surface area contributed by atoms with E-state index in [2.05, 4.69) is 15.3 Å². The first kappa shape index (κ1) is 12.6. The van der Waals surface area contributed by atoms with Gasteiger partial charge in [0.25, 0.3) is 0 Å². The summed E-state index contributed by atoms with van der Waals surface area (Å²) < 4.78 is 2.05. The van der Waals surface area contributed by atoms with E-state index in [1.165, 1.54) is 11.8 Å². The molecule has 1 aromatic heterocycles. The van der Waals surface area contributed by atoms with Crippen LogP contribution in [-0.2, 0) is 6.54 Å². The van der Waals surface area contributed by atoms with E-state index in [0.717, 1.165) is 25.9 Å². The zero-order valence-corrected chi connectivity index (χ0v) is 10.1. The second-order valence-electron chi connectivity index (χ2n) is 3.14. The minimum absolute atomic E-state index is 0.685. The van der Waals surface area contributed by atoms with Crippen LogP contribution in [0.5, 0.6) is 0 Å². The number of aryl methyl sites for hydroxylation is 1. The lowest BCUT2D eigenvalue weighted by Crippen LogP contribution is -2.13. The Balaban J connectivity index is 2.13. The number of unbranched alkanes of at least 4 members (excludes halogenated alkanes) is 1. The van der Waals surface area contributed by atoms with Crippen molar-refractivity contribution in [1.29, 1.82) is 5.26 Å². The Kier molecular flexibility index (Phi) is 6.11. The summed E-state index contributed by atoms with van der Waals surface area (Å²) in [7, 11) is 0. The van der Waals surface area contributed by atoms with Crippen LogP contribution in [0.3, 0.4) is 0 Å². The van der Waals surface area contributed by atoms with Crippen LogP contribution in [0.4, 0.5) is 0 Å². The molecule has 16 heavy (non-hydrogen) atoms. The standard InChI is InChI=1S/C10H15N5S/c1-16-10(14-8-11)13-4-2-3-6-15-7-5-12-9-15/h5,7,9H,2-4,6H2,1H3,(H,13,14). The molecule has 0 fully saturated rings. The summed E-state index contributed by atoms with van der Waals surface area (Å²) in [5.74, 6) is 0. The number of aliphatic imine (C=N–C) groups is 1. The van der Waals surface area contributed by atoms with Crippen LogP contribution in [-0.4, -0.2) is 27.5 Å². The molecule has 1 rings (SSSR count). The summed E-state index contributed by atoms with van der Waals surface area (Å²) in [5, 5.41) is 11.7. The number of amidine groups is 1. The quantitative estimate of drug-likeness (QED) is 0.277. The van der Waals surface area contributed by atoms with Gasteiger partial charge in [-0.1, -0.05) is 11.8 Å². The summed E-state index contributed by atoms with van der Waals surface area (Å²) in [6, 6.07) is 0. The molecule has 0 aliphatic carbocycles. The van der Waals surface area contributed by atoms with Crippen LogP contribution < -0.4 is 5.32 Å². The second kappa shape index (κ2) is 7.77. The van der Waals surface area contributed by atoms with Crippen molar-refractivity contribution < 1.29 is 0 Å². The van der Waals surface area contributed by atoms with Crippen molar-refractivity contribution in [2.24, 2.45) is 4.99 Å². The first-order chi connectivity index (χ1) is 7.86. The summed E-state index contributed by atoms with van der Waals surface area (Å²) in [4.78, 5) is 8.24. The zero-order chi connectivity index (χ0) is 11.6. The van der Waals surface area contributed by atoms with Gasteiger partial charge in [-0.2, -0.15) is 5.26 Å². The molecule has 1 N–H and O–H groups in total. The van der Waals surface area contributed by atoms with Gasteiger partial charge in [-0.15, -0.1) is 0 Å². The van der Waals surface area contributed by atoms with Gasteiger partial charge < -0.3 is 4.57 Å². The number of thioether (sulfide) groups is 1. The zero-order valence-electron chi connectivity index (χ0n) is 9.26. The Morgan fingerprint density at radius 3 is 3.12 bits per heavy atom. The average Bonchev–Trinajstić information content (AvgIpc) is 2.80. The molecule has 86 valence electrons. The Hall–Kier alpha value is -1.48. The van der Waals surface area contributed by atoms with E-state index in [1.54, 1.807) is 6.20 Å². The molecule has 0 spiro atoms. The molecule has 0 bridgehead atoms. The molecule has 0 amide bonds. The van der Waals surface area contributed by atoms with E-state index >= 15 is 0 Å². The Morgan fingerprint density at radius 1 is 1.62 bits per heavy atom. The largest absolute Gasteiger partial charge is 0.337 e. The van der Waals surface area contributed by atoms with E-state index in [-0.39, 0.29) is 0 Å². The number of hydrogen-bond acceptors (Lipinski definition) is 4. The minimum Gasteiger partial charge on any atom is -0.337 e. The van der Waals surface area contributed by atoms with Gasteiger partial charge in [0, 0.05) is 25.5 Å². The highest BCUT2D eigenvalue weighted by Gasteiger charge is 1.94. The number of aromatic nitrogens is 2. The SMILES string of the molecule is CSC(=NCCCCn1ccnc1)NC#N. The fraction of sp³-hybridized carbons (Fsp3) is 0.500. The lowest BCUT2D eigenvalue weighted by atomic mass is 10.3. The fourth-order valence-electron chi connectivity index (χ4n) is 1.21. The van der Waals surface area contributed by atoms with E-state index in [1.807, 2.05) is 29.5 Å². The van der Waals surface area contributed by atoms with Crippen LogP contribution in [0.1, 0.15) is 12.8 Å². The van der Waals surface area contributed by atoms with Gasteiger partial charge in [0.15, 0.2) is 11.4 Å². The first-order valence-electron chi connectivity index (χ1n) is 5.06. The highest BCUT2D eigenvalue weighted by atomic mass is 32.2. The van der Waals surface area contributed by atoms with Crippen molar-refractivity contribution in [2.45, 2.75) is 19.4 Å². The molecule has 0 atom stereocenters. The van der Waals surface area contributed by atoms with Crippen molar-refractivity contribution in [3.05, 3.63) is 18.7 Å². The maximum atomic E-state index is 8.43. The monoisotopic (exact) mass is 237 g/mol. The molecular weight excluding hydrogens is 222 g/mol. The van der Waals surface area contributed by atoms with Crippen LogP contribution >= 0.6 is 11.8 Å². The van der Waals surface area contributed by atoms with Crippen LogP contribution in [0.2, 0.25) is 0 Å². The normalized spacial score (nSPS) is 11.1. The maximum Gasteiger partial charge on any atom is 0.183 e. The number of nitriles is 1. The number of hydrogen-bond donors (Lipinski definition) is 1. The second-order valence-corrected chi connectivity index (χ2v) is 3.93. The molecule has 0 saturated heterocycles. The van der Waals surface area contributed by atoms with E-state index in [0.29, 0.717) is 5.17 Å². The van der Waals surface area contributed by atoms with Gasteiger partial charge in [0.2, 0.25) is 0 Å². The first-order valence-corrected chi connectivity index (χ1v) is 6.28. The van der Waals surface area contributed by atoms with Crippen molar-refractivity contribution in [2.75, 3.05) is 12.8 Å². The third-order valence-electron chi connectivity index (χ3n) is 2.00. The number of nitrogens with one attached hydrogen (secondary N) is 1. The maximum absolute atomic E-state index is 8.43. The fourth-order valence-corrected chi connectivity index (χ4v) is 1.58. The molecule has 0 saturated carbocycles. The van der Waals surface area contributed by atoms with E-state index in [9.17, 15) is 0 Å². The Morgan fingerprint density at radius 2 is 2.50 bits per heavy atom. The average molecular weight is 237 g/mol. The third kappa shape index (κ3) is 4.84. The highest BCUT2D eigenvalue weighted by Crippen LogP contribution is 1.99. The summed E-state index contributed by atoms with van der Waals surface area (Å²) in [6.07, 6.45) is 11.4. The smallest absolute Gasteiger partial charge is 0.183 e. The van der Waals surface area contributed by atoms with Crippen molar-refractivity contribution in [3.63, 3.8) is 0 Å². The van der Waals surface area contributed by atoms with Gasteiger partial charge in [-0.3, -0.25) is 10.3 Å². The van der Waals surface area contributed by atoms with Crippen molar-refractivity contribution in [1.82, 2.24) is 14.9 Å². The summed E-state index contributed by atoms with van der Waals surface area (Å²) in [5.41, 5.74) is 0. The van der Waals surface area contributed by atoms with Crippen molar-refractivity contribution in [3.8, 4) is 6.19 Å². The van der Waals surface area contributed by atoms with Gasteiger partial charge in [-0.05, 0) is 19.1 Å². The third-order valence-corrected chi connectivity index (χ3v) is 2.61. The molecule has 0 aromatic carbocycles. The Bertz CT molecular complexity index is 352. The van der Waals surface area contributed by atoms with Crippen LogP contribution in [0.25, 0.3) is 0 Å². The van der Waals surface area contributed by atoms with Crippen LogP contribution in [0.15, 0.2) is 23.7 Å². The molecule has 0 unspecified atom stereocenters. The van der Waals surface area contributed by atoms with Gasteiger partial charge in [0.1, 0.15) is 0 Å². The van der Waals surface area contributed by atoms with E-state index in [4.69, 9.17) is 5.26 Å². The van der Waals surface area contributed by atoms with Crippen molar-refractivity contribution >= 4 is 16.9 Å². The molecule has 0 radical (unpaired) electrons. The molecule has 5 nitrogen and oxygen atoms in total. The van der Waals surface area contributed by atoms with Gasteiger partial charge in [-0.25, -0.2) is 4.98 Å². The van der Waals surface area contributed by atoms with E-state index < -0.39 is 0 Å². The lowest BCUT2D eigenvalue weighted by molar-refractivity contribution is 0.615. The number of imidazole rings is 1. The molecule has 0 aliphatic rings. The predicted molar refractivity (Wildman–Crippen MR) is 66.0 cm³/mol. The lowest BCUT2D eigenvalue weighted by Gasteiger charge is -2.01. The minimum atomic E-state index is 0.685. The van der Waals surface area contributed by atoms with Gasteiger partial charge in [0.05, 0.1) is 6.33 Å². The Labute approximate surface area is 99.6 Å². The topological polar surface area (TPSA) is 66.0 Å². The summed E-state index contributed by atoms with van der Waals surface area (Å²) in [6.45, 7) is 1.72. The number of nitrogens with zero attached hydrogens (tertiary/aromatic N) is 4. The molecule has 6 heteroatoms. The molecule has 1 aromatic rings. The highest BCUT2D eigenvalue weighted by molar-refractivity contribution is 8.13.